The van der Waals surface area contributed by atoms with Crippen molar-refractivity contribution < 1.29 is 4.39 Å². The Bertz CT molecular complexity index is 609. The summed E-state index contributed by atoms with van der Waals surface area (Å²) in [5.74, 6) is -0.711. The maximum atomic E-state index is 13.6. The molecule has 0 atom stereocenters. The lowest BCUT2D eigenvalue weighted by molar-refractivity contribution is 0.631. The van der Waals surface area contributed by atoms with E-state index in [2.05, 4.69) is 21.2 Å². The van der Waals surface area contributed by atoms with Gasteiger partial charge in [-0.15, -0.1) is 0 Å². The number of hydrogen-bond acceptors (Lipinski definition) is 4. The smallest absolute Gasteiger partial charge is 0.163 e. The summed E-state index contributed by atoms with van der Waals surface area (Å²) >= 11 is 8.85. The third kappa shape index (κ3) is 2.99. The summed E-state index contributed by atoms with van der Waals surface area (Å²) in [7, 11) is 0. The topological polar surface area (TPSA) is 83.4 Å². The Morgan fingerprint density at radius 1 is 1.22 bits per heavy atom. The molecule has 88 valence electrons. The zero-order valence-corrected chi connectivity index (χ0v) is 11.0. The largest absolute Gasteiger partial charge is 0.342 e. The van der Waals surface area contributed by atoms with Crippen molar-refractivity contribution >= 4 is 33.2 Å². The van der Waals surface area contributed by atoms with Crippen LogP contribution in [0.5, 0.6) is 0 Å². The monoisotopic (exact) mass is 324 g/mol. The van der Waals surface area contributed by atoms with Crippen LogP contribution >= 0.6 is 27.5 Å². The van der Waals surface area contributed by atoms with E-state index in [9.17, 15) is 4.39 Å². The third-order valence-corrected chi connectivity index (χ3v) is 2.60. The number of nitriles is 3. The number of nitrogens with one attached hydrogen (secondary N) is 1. The second kappa shape index (κ2) is 6.02. The lowest BCUT2D eigenvalue weighted by Gasteiger charge is -2.08. The lowest BCUT2D eigenvalue weighted by atomic mass is 10.2. The van der Waals surface area contributed by atoms with Crippen molar-refractivity contribution in [3.63, 3.8) is 0 Å². The molecule has 0 spiro atoms. The van der Waals surface area contributed by atoms with Gasteiger partial charge in [0.15, 0.2) is 5.57 Å². The summed E-state index contributed by atoms with van der Waals surface area (Å²) in [5, 5.41) is 28.4. The van der Waals surface area contributed by atoms with Gasteiger partial charge in [-0.3, -0.25) is 0 Å². The predicted molar refractivity (Wildman–Crippen MR) is 66.6 cm³/mol. The summed E-state index contributed by atoms with van der Waals surface area (Å²) in [6, 6.07) is 7.23. The van der Waals surface area contributed by atoms with Crippen molar-refractivity contribution in [3.8, 4) is 18.2 Å². The maximum absolute atomic E-state index is 13.6. The van der Waals surface area contributed by atoms with Gasteiger partial charge in [-0.1, -0.05) is 27.5 Å². The molecule has 1 rings (SSSR count). The van der Waals surface area contributed by atoms with E-state index in [0.717, 1.165) is 6.07 Å². The standard InChI is InChI=1S/C11H3BrClFN4/c12-7-1-8(13)11(9(14)2-7)18-10(5-17)6(3-15)4-16/h1-2,18H. The minimum absolute atomic E-state index is 0.0184. The van der Waals surface area contributed by atoms with Crippen LogP contribution in [0.25, 0.3) is 0 Å². The molecule has 0 aliphatic rings. The van der Waals surface area contributed by atoms with Crippen molar-refractivity contribution in [1.82, 2.24) is 0 Å². The van der Waals surface area contributed by atoms with Crippen molar-refractivity contribution in [2.45, 2.75) is 0 Å². The minimum Gasteiger partial charge on any atom is -0.342 e. The van der Waals surface area contributed by atoms with E-state index in [1.165, 1.54) is 18.2 Å². The zero-order valence-electron chi connectivity index (χ0n) is 8.63. The molecule has 0 saturated heterocycles. The zero-order chi connectivity index (χ0) is 13.7. The van der Waals surface area contributed by atoms with Crippen molar-refractivity contribution in [2.24, 2.45) is 0 Å². The van der Waals surface area contributed by atoms with E-state index < -0.39 is 11.4 Å². The second-order valence-electron chi connectivity index (χ2n) is 2.95. The predicted octanol–water partition coefficient (Wildman–Crippen LogP) is 3.48. The van der Waals surface area contributed by atoms with E-state index in [-0.39, 0.29) is 16.4 Å². The maximum Gasteiger partial charge on any atom is 0.163 e. The summed E-state index contributed by atoms with van der Waals surface area (Å²) in [6.45, 7) is 0. The first-order valence-corrected chi connectivity index (χ1v) is 5.56. The number of benzene rings is 1. The molecule has 0 aliphatic heterocycles. The molecule has 0 heterocycles. The summed E-state index contributed by atoms with van der Waals surface area (Å²) in [5.41, 5.74) is -0.974. The summed E-state index contributed by atoms with van der Waals surface area (Å²) in [4.78, 5) is 0. The first kappa shape index (κ1) is 14.0. The molecule has 0 bridgehead atoms. The van der Waals surface area contributed by atoms with E-state index in [1.807, 2.05) is 0 Å². The van der Waals surface area contributed by atoms with Gasteiger partial charge in [0.05, 0.1) is 10.7 Å². The fraction of sp³-hybridized carbons (Fsp3) is 0. The van der Waals surface area contributed by atoms with Crippen molar-refractivity contribution in [3.05, 3.63) is 38.7 Å². The molecule has 4 nitrogen and oxygen atoms in total. The Kier molecular flexibility index (Phi) is 4.68. The number of allylic oxidation sites excluding steroid dienone is 2. The fourth-order valence-electron chi connectivity index (χ4n) is 1.07. The Morgan fingerprint density at radius 3 is 2.28 bits per heavy atom. The number of halogens is 3. The molecule has 18 heavy (non-hydrogen) atoms. The molecule has 1 aromatic rings. The molecule has 1 aromatic carbocycles. The highest BCUT2D eigenvalue weighted by Gasteiger charge is 2.13. The Labute approximate surface area is 116 Å². The second-order valence-corrected chi connectivity index (χ2v) is 4.28. The molecule has 0 aromatic heterocycles. The van der Waals surface area contributed by atoms with Gasteiger partial charge in [0.2, 0.25) is 0 Å². The quantitative estimate of drug-likeness (QED) is 0.844. The molecule has 0 fully saturated rings. The molecule has 0 unspecified atom stereocenters. The molecule has 0 amide bonds. The highest BCUT2D eigenvalue weighted by atomic mass is 79.9. The van der Waals surface area contributed by atoms with Gasteiger partial charge in [0, 0.05) is 4.47 Å². The Hall–Kier alpha value is -2.07. The van der Waals surface area contributed by atoms with Crippen molar-refractivity contribution in [1.29, 1.82) is 15.8 Å². The average molecular weight is 326 g/mol. The summed E-state index contributed by atoms with van der Waals surface area (Å²) in [6.07, 6.45) is 0. The van der Waals surface area contributed by atoms with Crippen LogP contribution in [0.4, 0.5) is 10.1 Å². The van der Waals surface area contributed by atoms with Crippen LogP contribution in [0.2, 0.25) is 5.02 Å². The highest BCUT2D eigenvalue weighted by Crippen LogP contribution is 2.30. The van der Waals surface area contributed by atoms with Gasteiger partial charge < -0.3 is 5.32 Å². The van der Waals surface area contributed by atoms with E-state index in [0.29, 0.717) is 4.47 Å². The van der Waals surface area contributed by atoms with Gasteiger partial charge >= 0.3 is 0 Å². The first-order valence-electron chi connectivity index (χ1n) is 4.39. The molecule has 0 saturated carbocycles. The molecule has 1 N–H and O–H groups in total. The fourth-order valence-corrected chi connectivity index (χ4v) is 1.89. The number of rotatable bonds is 2. The summed E-state index contributed by atoms with van der Waals surface area (Å²) < 4.78 is 14.0. The van der Waals surface area contributed by atoms with Crippen LogP contribution in [0, 0.1) is 39.8 Å². The molecular weight excluding hydrogens is 323 g/mol. The Balaban J connectivity index is 3.30. The van der Waals surface area contributed by atoms with Gasteiger partial charge in [-0.2, -0.15) is 15.8 Å². The number of nitrogens with zero attached hydrogens (tertiary/aromatic N) is 3. The molecule has 0 radical (unpaired) electrons. The first-order chi connectivity index (χ1) is 8.53. The minimum atomic E-state index is -0.711. The normalized spacial score (nSPS) is 8.67. The van der Waals surface area contributed by atoms with E-state index in [4.69, 9.17) is 27.4 Å². The van der Waals surface area contributed by atoms with Crippen molar-refractivity contribution in [2.75, 3.05) is 5.32 Å². The van der Waals surface area contributed by atoms with Crippen LogP contribution in [-0.4, -0.2) is 0 Å². The van der Waals surface area contributed by atoms with E-state index >= 15 is 0 Å². The van der Waals surface area contributed by atoms with Crippen LogP contribution in [0.1, 0.15) is 0 Å². The highest BCUT2D eigenvalue weighted by molar-refractivity contribution is 9.10. The van der Waals surface area contributed by atoms with Crippen LogP contribution in [0.3, 0.4) is 0 Å². The SMILES string of the molecule is N#CC(C#N)=C(C#N)Nc1c(F)cc(Br)cc1Cl. The van der Waals surface area contributed by atoms with Gasteiger partial charge in [-0.25, -0.2) is 4.39 Å². The number of anilines is 1. The van der Waals surface area contributed by atoms with Crippen LogP contribution in [0.15, 0.2) is 27.9 Å². The van der Waals surface area contributed by atoms with Gasteiger partial charge in [0.25, 0.3) is 0 Å². The molecule has 7 heteroatoms. The van der Waals surface area contributed by atoms with E-state index in [1.54, 1.807) is 6.07 Å². The van der Waals surface area contributed by atoms with Crippen LogP contribution < -0.4 is 5.32 Å². The third-order valence-electron chi connectivity index (χ3n) is 1.84. The van der Waals surface area contributed by atoms with Gasteiger partial charge in [0.1, 0.15) is 29.7 Å². The molecule has 0 aliphatic carbocycles. The number of hydrogen-bond donors (Lipinski definition) is 1. The average Bonchev–Trinajstić information content (AvgIpc) is 2.32. The molecular formula is C11H3BrClFN4. The Morgan fingerprint density at radius 2 is 1.83 bits per heavy atom. The van der Waals surface area contributed by atoms with Gasteiger partial charge in [-0.05, 0) is 12.1 Å². The van der Waals surface area contributed by atoms with Crippen LogP contribution in [-0.2, 0) is 0 Å². The lowest BCUT2D eigenvalue weighted by Crippen LogP contribution is -2.03.